The molecule has 0 spiro atoms. The molecule has 1 rings (SSSR count). The summed E-state index contributed by atoms with van der Waals surface area (Å²) in [5.41, 5.74) is 0. The van der Waals surface area contributed by atoms with Crippen molar-refractivity contribution in [3.8, 4) is 0 Å². The third kappa shape index (κ3) is 1.94. The molecule has 1 nitrogen and oxygen atoms in total. The Hall–Kier alpha value is 0.400. The first-order valence-electron chi connectivity index (χ1n) is 2.95. The minimum absolute atomic E-state index is 0.274. The molecule has 0 heterocycles. The summed E-state index contributed by atoms with van der Waals surface area (Å²) >= 11 is 6.81. The third-order valence-electron chi connectivity index (χ3n) is 1.41. The number of halogens is 2. The summed E-state index contributed by atoms with van der Waals surface area (Å²) in [6.07, 6.45) is 6.89. The lowest BCUT2D eigenvalue weighted by Gasteiger charge is -2.22. The van der Waals surface area contributed by atoms with Gasteiger partial charge in [0.1, 0.15) is 4.51 Å². The zero-order valence-corrected chi connectivity index (χ0v) is 8.78. The first-order valence-corrected chi connectivity index (χ1v) is 4.54. The third-order valence-corrected chi connectivity index (χ3v) is 2.91. The zero-order chi connectivity index (χ0) is 7.61. The molecule has 0 amide bonds. The lowest BCUT2D eigenvalue weighted by molar-refractivity contribution is 0.119. The number of hydrogen-bond acceptors (Lipinski definition) is 1. The molecule has 0 bridgehead atoms. The number of alkyl halides is 1. The number of hydrogen-bond donors (Lipinski definition) is 0. The van der Waals surface area contributed by atoms with Crippen molar-refractivity contribution in [1.82, 2.24) is 0 Å². The average molecular weight is 268 g/mol. The average Bonchev–Trinajstić information content (AvgIpc) is 1.96. The van der Waals surface area contributed by atoms with Gasteiger partial charge in [0.05, 0.1) is 0 Å². The van der Waals surface area contributed by atoms with Gasteiger partial charge < -0.3 is 4.74 Å². The Balaban J connectivity index is 2.67. The van der Waals surface area contributed by atoms with Gasteiger partial charge in [0.15, 0.2) is 0 Å². The van der Waals surface area contributed by atoms with Crippen LogP contribution in [0.5, 0.6) is 0 Å². The van der Waals surface area contributed by atoms with Crippen LogP contribution in [0.4, 0.5) is 0 Å². The van der Waals surface area contributed by atoms with Crippen molar-refractivity contribution in [3.05, 3.63) is 22.7 Å². The molecule has 1 unspecified atom stereocenters. The minimum atomic E-state index is -0.274. The summed E-state index contributed by atoms with van der Waals surface area (Å²) in [6, 6.07) is 0. The van der Waals surface area contributed by atoms with Crippen molar-refractivity contribution in [1.29, 1.82) is 0 Å². The van der Waals surface area contributed by atoms with E-state index in [-0.39, 0.29) is 4.51 Å². The fourth-order valence-electron chi connectivity index (χ4n) is 0.728. The van der Waals surface area contributed by atoms with E-state index < -0.39 is 0 Å². The van der Waals surface area contributed by atoms with Crippen LogP contribution in [0.25, 0.3) is 0 Å². The van der Waals surface area contributed by atoms with Gasteiger partial charge in [-0.05, 0) is 28.1 Å². The largest absolute Gasteiger partial charge is 0.363 e. The van der Waals surface area contributed by atoms with Crippen molar-refractivity contribution < 1.29 is 4.74 Å². The second-order valence-electron chi connectivity index (χ2n) is 2.12. The summed E-state index contributed by atoms with van der Waals surface area (Å²) in [6.45, 7) is 0. The lowest BCUT2D eigenvalue weighted by atomic mass is 10.1. The van der Waals surface area contributed by atoms with E-state index >= 15 is 0 Å². The predicted molar refractivity (Wildman–Crippen MR) is 49.4 cm³/mol. The Bertz CT molecular complexity index is 186. The minimum Gasteiger partial charge on any atom is -0.363 e. The first-order chi connectivity index (χ1) is 4.66. The summed E-state index contributed by atoms with van der Waals surface area (Å²) in [5, 5.41) is 0. The summed E-state index contributed by atoms with van der Waals surface area (Å²) in [7, 11) is 1.69. The molecule has 1 aliphatic carbocycles. The second kappa shape index (κ2) is 3.20. The maximum Gasteiger partial charge on any atom is 0.144 e. The molecule has 10 heavy (non-hydrogen) atoms. The second-order valence-corrected chi connectivity index (χ2v) is 4.37. The van der Waals surface area contributed by atoms with Gasteiger partial charge in [0.25, 0.3) is 0 Å². The summed E-state index contributed by atoms with van der Waals surface area (Å²) in [4.78, 5) is 0. The number of ether oxygens (including phenoxy) is 1. The van der Waals surface area contributed by atoms with Crippen molar-refractivity contribution >= 4 is 31.9 Å². The topological polar surface area (TPSA) is 9.23 Å². The Morgan fingerprint density at radius 2 is 2.40 bits per heavy atom. The van der Waals surface area contributed by atoms with Gasteiger partial charge in [-0.2, -0.15) is 0 Å². The van der Waals surface area contributed by atoms with Crippen LogP contribution in [0.2, 0.25) is 0 Å². The van der Waals surface area contributed by atoms with Gasteiger partial charge in [-0.15, -0.1) is 0 Å². The van der Waals surface area contributed by atoms with E-state index in [1.165, 1.54) is 0 Å². The fraction of sp³-hybridized carbons (Fsp3) is 0.429. The monoisotopic (exact) mass is 266 g/mol. The van der Waals surface area contributed by atoms with Crippen LogP contribution in [-0.4, -0.2) is 11.6 Å². The summed E-state index contributed by atoms with van der Waals surface area (Å²) < 4.78 is 6.03. The van der Waals surface area contributed by atoms with E-state index in [9.17, 15) is 0 Å². The van der Waals surface area contributed by atoms with E-state index in [0.29, 0.717) is 0 Å². The smallest absolute Gasteiger partial charge is 0.144 e. The Morgan fingerprint density at radius 3 is 2.80 bits per heavy atom. The maximum atomic E-state index is 5.19. The highest BCUT2D eigenvalue weighted by Gasteiger charge is 2.22. The molecule has 56 valence electrons. The van der Waals surface area contributed by atoms with Gasteiger partial charge in [0.2, 0.25) is 0 Å². The van der Waals surface area contributed by atoms with E-state index in [2.05, 4.69) is 37.9 Å². The molecule has 0 N–H and O–H groups in total. The van der Waals surface area contributed by atoms with Crippen molar-refractivity contribution in [3.63, 3.8) is 0 Å². The molecule has 0 saturated heterocycles. The van der Waals surface area contributed by atoms with Crippen LogP contribution in [0.15, 0.2) is 22.7 Å². The van der Waals surface area contributed by atoms with E-state index in [0.717, 1.165) is 10.9 Å². The molecular weight excluding hydrogens is 260 g/mol. The van der Waals surface area contributed by atoms with Gasteiger partial charge in [0, 0.05) is 18.0 Å². The predicted octanol–water partition coefficient (Wildman–Crippen LogP) is 2.96. The van der Waals surface area contributed by atoms with Crippen LogP contribution >= 0.6 is 31.9 Å². The lowest BCUT2D eigenvalue weighted by Crippen LogP contribution is -2.20. The Labute approximate surface area is 77.4 Å². The van der Waals surface area contributed by atoms with Crippen molar-refractivity contribution in [2.24, 2.45) is 0 Å². The number of rotatable bonds is 1. The fourth-order valence-corrected chi connectivity index (χ4v) is 1.32. The van der Waals surface area contributed by atoms with Gasteiger partial charge >= 0.3 is 0 Å². The SMILES string of the molecule is COC1(Br)C=CC(Br)=CC1. The molecule has 0 saturated carbocycles. The van der Waals surface area contributed by atoms with E-state index in [1.54, 1.807) is 7.11 Å². The molecule has 0 aromatic carbocycles. The molecule has 0 aromatic rings. The Morgan fingerprint density at radius 1 is 1.70 bits per heavy atom. The quantitative estimate of drug-likeness (QED) is 0.664. The van der Waals surface area contributed by atoms with Crippen molar-refractivity contribution in [2.45, 2.75) is 10.9 Å². The highest BCUT2D eigenvalue weighted by Crippen LogP contribution is 2.31. The number of allylic oxidation sites excluding steroid dienone is 2. The molecular formula is C7H8Br2O. The summed E-state index contributed by atoms with van der Waals surface area (Å²) in [5.74, 6) is 0. The molecule has 0 aliphatic heterocycles. The molecule has 0 radical (unpaired) electrons. The van der Waals surface area contributed by atoms with Crippen LogP contribution in [0, 0.1) is 0 Å². The molecule has 0 aromatic heterocycles. The van der Waals surface area contributed by atoms with Crippen LogP contribution < -0.4 is 0 Å². The zero-order valence-electron chi connectivity index (χ0n) is 5.60. The van der Waals surface area contributed by atoms with Crippen molar-refractivity contribution in [2.75, 3.05) is 7.11 Å². The van der Waals surface area contributed by atoms with Crippen LogP contribution in [0.3, 0.4) is 0 Å². The highest BCUT2D eigenvalue weighted by atomic mass is 79.9. The normalized spacial score (nSPS) is 32.1. The van der Waals surface area contributed by atoms with Gasteiger partial charge in [-0.3, -0.25) is 0 Å². The van der Waals surface area contributed by atoms with Crippen LogP contribution in [-0.2, 0) is 4.74 Å². The van der Waals surface area contributed by atoms with Gasteiger partial charge in [-0.25, -0.2) is 0 Å². The first kappa shape index (κ1) is 8.50. The van der Waals surface area contributed by atoms with E-state index in [1.807, 2.05) is 12.2 Å². The highest BCUT2D eigenvalue weighted by molar-refractivity contribution is 9.12. The van der Waals surface area contributed by atoms with E-state index in [4.69, 9.17) is 4.74 Å². The van der Waals surface area contributed by atoms with Crippen LogP contribution in [0.1, 0.15) is 6.42 Å². The molecule has 3 heteroatoms. The molecule has 1 atom stereocenters. The Kier molecular flexibility index (Phi) is 2.72. The maximum absolute atomic E-state index is 5.19. The van der Waals surface area contributed by atoms with Gasteiger partial charge in [-0.1, -0.05) is 22.0 Å². The standard InChI is InChI=1S/C7H8Br2O/c1-10-7(9)4-2-6(8)3-5-7/h2-4H,5H2,1H3. The number of methoxy groups -OCH3 is 1. The molecule has 0 fully saturated rings. The molecule has 1 aliphatic rings.